The molecule has 27 heavy (non-hydrogen) atoms. The summed E-state index contributed by atoms with van der Waals surface area (Å²) in [6, 6.07) is 2.00. The van der Waals surface area contributed by atoms with Crippen molar-refractivity contribution in [2.75, 3.05) is 19.6 Å². The lowest BCUT2D eigenvalue weighted by atomic mass is 10.0. The van der Waals surface area contributed by atoms with Crippen LogP contribution in [-0.2, 0) is 17.1 Å². The quantitative estimate of drug-likeness (QED) is 0.780. The summed E-state index contributed by atoms with van der Waals surface area (Å²) in [5.74, 6) is 0.159. The molecule has 2 fully saturated rings. The predicted octanol–water partition coefficient (Wildman–Crippen LogP) is 1.74. The fourth-order valence-corrected chi connectivity index (χ4v) is 5.61. The summed E-state index contributed by atoms with van der Waals surface area (Å²) in [7, 11) is -1.83. The van der Waals surface area contributed by atoms with Crippen molar-refractivity contribution in [3.05, 3.63) is 18.0 Å². The van der Waals surface area contributed by atoms with Crippen molar-refractivity contribution in [2.24, 2.45) is 13.0 Å². The van der Waals surface area contributed by atoms with Crippen molar-refractivity contribution >= 4 is 28.3 Å². The normalized spacial score (nSPS) is 27.0. The molecule has 0 radical (unpaired) electrons. The lowest BCUT2D eigenvalue weighted by Gasteiger charge is -2.29. The van der Waals surface area contributed by atoms with Crippen molar-refractivity contribution < 1.29 is 13.2 Å². The molecule has 2 saturated heterocycles. The molecule has 3 unspecified atom stereocenters. The molecule has 1 amide bonds. The Morgan fingerprint density at radius 1 is 1.30 bits per heavy atom. The van der Waals surface area contributed by atoms with Crippen molar-refractivity contribution in [1.82, 2.24) is 19.5 Å². The van der Waals surface area contributed by atoms with Gasteiger partial charge in [0.15, 0.2) is 0 Å². The summed E-state index contributed by atoms with van der Waals surface area (Å²) < 4.78 is 29.0. The Labute approximate surface area is 168 Å². The van der Waals surface area contributed by atoms with Gasteiger partial charge in [0.05, 0.1) is 0 Å². The van der Waals surface area contributed by atoms with E-state index in [9.17, 15) is 13.2 Å². The van der Waals surface area contributed by atoms with Crippen LogP contribution in [0.15, 0.2) is 17.2 Å². The van der Waals surface area contributed by atoms with Gasteiger partial charge in [0.25, 0.3) is 5.91 Å². The molecule has 1 aromatic rings. The largest absolute Gasteiger partial charge is 0.348 e. The number of hydrogen-bond donors (Lipinski definition) is 2. The van der Waals surface area contributed by atoms with Gasteiger partial charge in [-0.2, -0.15) is 4.31 Å². The summed E-state index contributed by atoms with van der Waals surface area (Å²) in [4.78, 5) is 12.9. The highest BCUT2D eigenvalue weighted by Crippen LogP contribution is 2.24. The minimum atomic E-state index is -3.55. The number of aromatic nitrogens is 1. The standard InChI is InChI=1S/C18H30N4O3S.ClH/c1-13-5-4-8-22(11-13)26(24,25)16-10-17(21(3)12-16)18(23)20-15-6-7-19-14(2)9-15;/h10,12-15,19H,4-9,11H2,1-3H3,(H,20,23);1H. The predicted molar refractivity (Wildman–Crippen MR) is 108 cm³/mol. The molecular formula is C18H31ClN4O3S. The van der Waals surface area contributed by atoms with Gasteiger partial charge in [0.1, 0.15) is 10.6 Å². The number of hydrogen-bond acceptors (Lipinski definition) is 4. The molecule has 0 aliphatic carbocycles. The van der Waals surface area contributed by atoms with Crippen LogP contribution in [-0.4, -0.2) is 54.9 Å². The van der Waals surface area contributed by atoms with E-state index in [0.717, 1.165) is 32.2 Å². The van der Waals surface area contributed by atoms with Gasteiger partial charge in [-0.05, 0) is 51.1 Å². The maximum Gasteiger partial charge on any atom is 0.268 e. The number of amides is 1. The Hall–Kier alpha value is -1.09. The van der Waals surface area contributed by atoms with Gasteiger partial charge in [-0.1, -0.05) is 6.92 Å². The lowest BCUT2D eigenvalue weighted by Crippen LogP contribution is -2.46. The molecule has 3 atom stereocenters. The summed E-state index contributed by atoms with van der Waals surface area (Å²) in [5.41, 5.74) is 0.389. The summed E-state index contributed by atoms with van der Waals surface area (Å²) in [5, 5.41) is 6.41. The smallest absolute Gasteiger partial charge is 0.268 e. The zero-order valence-electron chi connectivity index (χ0n) is 16.3. The zero-order chi connectivity index (χ0) is 18.9. The van der Waals surface area contributed by atoms with Crippen LogP contribution in [0.5, 0.6) is 0 Å². The Morgan fingerprint density at radius 2 is 2.04 bits per heavy atom. The van der Waals surface area contributed by atoms with Crippen LogP contribution >= 0.6 is 12.4 Å². The first-order valence-electron chi connectivity index (χ1n) is 9.48. The molecule has 3 heterocycles. The number of sulfonamides is 1. The molecule has 0 aromatic carbocycles. The van der Waals surface area contributed by atoms with E-state index in [1.54, 1.807) is 22.1 Å². The van der Waals surface area contributed by atoms with Gasteiger partial charge < -0.3 is 15.2 Å². The van der Waals surface area contributed by atoms with E-state index in [1.165, 1.54) is 6.07 Å². The van der Waals surface area contributed by atoms with Gasteiger partial charge in [0.2, 0.25) is 10.0 Å². The molecule has 0 bridgehead atoms. The van der Waals surface area contributed by atoms with Crippen LogP contribution < -0.4 is 10.6 Å². The second-order valence-electron chi connectivity index (χ2n) is 7.83. The van der Waals surface area contributed by atoms with Crippen molar-refractivity contribution in [3.8, 4) is 0 Å². The van der Waals surface area contributed by atoms with Crippen molar-refractivity contribution in [1.29, 1.82) is 0 Å². The van der Waals surface area contributed by atoms with Gasteiger partial charge >= 0.3 is 0 Å². The number of aryl methyl sites for hydroxylation is 1. The number of carbonyl (C=O) groups is 1. The molecular weight excluding hydrogens is 388 g/mol. The van der Waals surface area contributed by atoms with E-state index >= 15 is 0 Å². The number of halogens is 1. The van der Waals surface area contributed by atoms with Gasteiger partial charge in [0, 0.05) is 38.4 Å². The Morgan fingerprint density at radius 3 is 2.70 bits per heavy atom. The Bertz CT molecular complexity index is 765. The van der Waals surface area contributed by atoms with Crippen LogP contribution in [0.25, 0.3) is 0 Å². The molecule has 2 aliphatic heterocycles. The van der Waals surface area contributed by atoms with Crippen LogP contribution in [0.3, 0.4) is 0 Å². The van der Waals surface area contributed by atoms with E-state index in [0.29, 0.717) is 30.7 Å². The van der Waals surface area contributed by atoms with Gasteiger partial charge in [-0.3, -0.25) is 4.79 Å². The van der Waals surface area contributed by atoms with Gasteiger partial charge in [-0.15, -0.1) is 12.4 Å². The number of piperidine rings is 2. The highest BCUT2D eigenvalue weighted by molar-refractivity contribution is 7.89. The molecule has 2 N–H and O–H groups in total. The minimum Gasteiger partial charge on any atom is -0.348 e. The van der Waals surface area contributed by atoms with Crippen LogP contribution in [0.4, 0.5) is 0 Å². The second kappa shape index (κ2) is 8.94. The van der Waals surface area contributed by atoms with Crippen LogP contribution in [0.2, 0.25) is 0 Å². The molecule has 1 aromatic heterocycles. The molecule has 2 aliphatic rings. The fraction of sp³-hybridized carbons (Fsp3) is 0.722. The topological polar surface area (TPSA) is 83.4 Å². The molecule has 0 spiro atoms. The third-order valence-corrected chi connectivity index (χ3v) is 7.26. The molecule has 3 rings (SSSR count). The van der Waals surface area contributed by atoms with E-state index in [1.807, 2.05) is 0 Å². The van der Waals surface area contributed by atoms with E-state index in [4.69, 9.17) is 0 Å². The summed E-state index contributed by atoms with van der Waals surface area (Å²) in [6.07, 6.45) is 5.26. The first-order valence-corrected chi connectivity index (χ1v) is 10.9. The Balaban J connectivity index is 0.00000261. The van der Waals surface area contributed by atoms with Gasteiger partial charge in [-0.25, -0.2) is 8.42 Å². The third kappa shape index (κ3) is 5.04. The third-order valence-electron chi connectivity index (χ3n) is 5.43. The minimum absolute atomic E-state index is 0. The van der Waals surface area contributed by atoms with Crippen molar-refractivity contribution in [3.63, 3.8) is 0 Å². The van der Waals surface area contributed by atoms with E-state index < -0.39 is 10.0 Å². The monoisotopic (exact) mass is 418 g/mol. The second-order valence-corrected chi connectivity index (χ2v) is 9.77. The number of rotatable bonds is 4. The molecule has 7 nitrogen and oxygen atoms in total. The highest BCUT2D eigenvalue weighted by atomic mass is 35.5. The molecule has 154 valence electrons. The summed E-state index contributed by atoms with van der Waals surface area (Å²) >= 11 is 0. The average molecular weight is 419 g/mol. The van der Waals surface area contributed by atoms with Crippen molar-refractivity contribution in [2.45, 2.75) is 56.5 Å². The average Bonchev–Trinajstić information content (AvgIpc) is 2.97. The fourth-order valence-electron chi connectivity index (χ4n) is 3.94. The van der Waals surface area contributed by atoms with Crippen LogP contribution in [0.1, 0.15) is 50.0 Å². The lowest BCUT2D eigenvalue weighted by molar-refractivity contribution is 0.0917. The number of carbonyl (C=O) groups excluding carboxylic acids is 1. The number of nitrogens with zero attached hydrogens (tertiary/aromatic N) is 2. The maximum absolute atomic E-state index is 12.9. The molecule has 9 heteroatoms. The summed E-state index contributed by atoms with van der Waals surface area (Å²) in [6.45, 7) is 6.16. The SMILES string of the molecule is CC1CCCN(S(=O)(=O)c2cc(C(=O)NC3CCNC(C)C3)n(C)c2)C1.Cl. The van der Waals surface area contributed by atoms with E-state index in [2.05, 4.69) is 24.5 Å². The molecule has 0 saturated carbocycles. The first-order chi connectivity index (χ1) is 12.3. The highest BCUT2D eigenvalue weighted by Gasteiger charge is 2.31. The van der Waals surface area contributed by atoms with Crippen LogP contribution in [0, 0.1) is 5.92 Å². The van der Waals surface area contributed by atoms with E-state index in [-0.39, 0.29) is 29.3 Å². The number of nitrogens with one attached hydrogen (secondary N) is 2. The maximum atomic E-state index is 12.9. The zero-order valence-corrected chi connectivity index (χ0v) is 17.9. The Kier molecular flexibility index (Phi) is 7.35. The first kappa shape index (κ1) is 22.2.